The number of hydrogen-bond acceptors (Lipinski definition) is 3. The van der Waals surface area contributed by atoms with Crippen LogP contribution in [0.4, 0.5) is 10.1 Å². The van der Waals surface area contributed by atoms with Gasteiger partial charge >= 0.3 is 0 Å². The van der Waals surface area contributed by atoms with E-state index in [9.17, 15) is 4.39 Å². The molecule has 0 amide bonds. The first-order valence-corrected chi connectivity index (χ1v) is 5.40. The van der Waals surface area contributed by atoms with E-state index in [-0.39, 0.29) is 10.8 Å². The van der Waals surface area contributed by atoms with Gasteiger partial charge in [-0.2, -0.15) is 5.26 Å². The Morgan fingerprint density at radius 2 is 2.00 bits per heavy atom. The van der Waals surface area contributed by atoms with E-state index in [1.165, 1.54) is 24.3 Å². The molecule has 5 heteroatoms. The smallest absolute Gasteiger partial charge is 0.150 e. The molecular weight excluding hydrogens is 255 g/mol. The van der Waals surface area contributed by atoms with Gasteiger partial charge < -0.3 is 10.5 Å². The first-order chi connectivity index (χ1) is 8.60. The Hall–Kier alpha value is -2.25. The highest BCUT2D eigenvalue weighted by Crippen LogP contribution is 2.29. The zero-order chi connectivity index (χ0) is 13.1. The minimum absolute atomic E-state index is 0.0233. The molecule has 0 saturated heterocycles. The fourth-order valence-electron chi connectivity index (χ4n) is 1.38. The van der Waals surface area contributed by atoms with Crippen molar-refractivity contribution in [2.75, 3.05) is 5.73 Å². The number of anilines is 1. The zero-order valence-corrected chi connectivity index (χ0v) is 9.91. The minimum atomic E-state index is -0.568. The highest BCUT2D eigenvalue weighted by molar-refractivity contribution is 6.30. The lowest BCUT2D eigenvalue weighted by Gasteiger charge is -2.08. The van der Waals surface area contributed by atoms with Gasteiger partial charge in [-0.15, -0.1) is 0 Å². The maximum atomic E-state index is 13.2. The number of hydrogen-bond donors (Lipinski definition) is 1. The highest BCUT2D eigenvalue weighted by Gasteiger charge is 2.06. The number of nitrogens with zero attached hydrogens (tertiary/aromatic N) is 1. The van der Waals surface area contributed by atoms with Crippen LogP contribution >= 0.6 is 11.6 Å². The summed E-state index contributed by atoms with van der Waals surface area (Å²) in [6.45, 7) is 0. The molecule has 0 aromatic heterocycles. The predicted octanol–water partition coefficient (Wildman–Crippen LogP) is 3.73. The Balaban J connectivity index is 2.29. The Morgan fingerprint density at radius 3 is 2.61 bits per heavy atom. The lowest BCUT2D eigenvalue weighted by Crippen LogP contribution is -1.93. The monoisotopic (exact) mass is 262 g/mol. The van der Waals surface area contributed by atoms with Gasteiger partial charge in [-0.25, -0.2) is 4.39 Å². The third-order valence-electron chi connectivity index (χ3n) is 2.26. The fourth-order valence-corrected chi connectivity index (χ4v) is 1.50. The van der Waals surface area contributed by atoms with Gasteiger partial charge in [0.15, 0.2) is 0 Å². The molecule has 2 aromatic rings. The molecule has 0 aliphatic rings. The van der Waals surface area contributed by atoms with Crippen LogP contribution in [0.3, 0.4) is 0 Å². The Morgan fingerprint density at radius 1 is 1.22 bits per heavy atom. The van der Waals surface area contributed by atoms with E-state index in [2.05, 4.69) is 0 Å². The van der Waals surface area contributed by atoms with E-state index in [0.29, 0.717) is 17.0 Å². The van der Waals surface area contributed by atoms with Crippen LogP contribution in [0.5, 0.6) is 11.5 Å². The van der Waals surface area contributed by atoms with Crippen molar-refractivity contribution in [2.45, 2.75) is 0 Å². The van der Waals surface area contributed by atoms with E-state index in [1.807, 2.05) is 6.07 Å². The molecule has 0 aliphatic carbocycles. The lowest BCUT2D eigenvalue weighted by molar-refractivity contribution is 0.479. The fraction of sp³-hybridized carbons (Fsp3) is 0. The molecule has 2 rings (SSSR count). The number of ether oxygens (including phenoxy) is 1. The topological polar surface area (TPSA) is 59.0 Å². The largest absolute Gasteiger partial charge is 0.455 e. The Bertz CT molecular complexity index is 637. The summed E-state index contributed by atoms with van der Waals surface area (Å²) in [5, 5.41) is 8.72. The summed E-state index contributed by atoms with van der Waals surface area (Å²) in [6, 6.07) is 10.7. The minimum Gasteiger partial charge on any atom is -0.455 e. The number of nitrogen functional groups attached to an aromatic ring is 1. The van der Waals surface area contributed by atoms with Crippen LogP contribution in [0.2, 0.25) is 5.02 Å². The molecule has 18 heavy (non-hydrogen) atoms. The molecule has 3 nitrogen and oxygen atoms in total. The van der Waals surface area contributed by atoms with Gasteiger partial charge in [0.25, 0.3) is 0 Å². The second kappa shape index (κ2) is 4.94. The number of nitriles is 1. The van der Waals surface area contributed by atoms with Gasteiger partial charge in [0, 0.05) is 6.07 Å². The van der Waals surface area contributed by atoms with Gasteiger partial charge in [0.05, 0.1) is 22.3 Å². The summed E-state index contributed by atoms with van der Waals surface area (Å²) in [5.74, 6) is 0.0745. The van der Waals surface area contributed by atoms with Crippen molar-refractivity contribution in [3.8, 4) is 17.6 Å². The number of halogens is 2. The summed E-state index contributed by atoms with van der Waals surface area (Å²) >= 11 is 5.56. The molecular formula is C13H8ClFN2O. The Labute approximate surface area is 108 Å². The number of rotatable bonds is 2. The molecule has 0 radical (unpaired) electrons. The SMILES string of the molecule is N#Cc1ccc(Oc2ccc(Cl)c(F)c2)c(N)c1. The lowest BCUT2D eigenvalue weighted by atomic mass is 10.2. The molecule has 0 spiro atoms. The van der Waals surface area contributed by atoms with Gasteiger partial charge in [-0.1, -0.05) is 11.6 Å². The third-order valence-corrected chi connectivity index (χ3v) is 2.56. The summed E-state index contributed by atoms with van der Waals surface area (Å²) in [4.78, 5) is 0. The van der Waals surface area contributed by atoms with E-state index in [4.69, 9.17) is 27.3 Å². The third kappa shape index (κ3) is 2.53. The van der Waals surface area contributed by atoms with Crippen molar-refractivity contribution >= 4 is 17.3 Å². The average molecular weight is 263 g/mol. The van der Waals surface area contributed by atoms with Crippen LogP contribution in [0.15, 0.2) is 36.4 Å². The van der Waals surface area contributed by atoms with Gasteiger partial charge in [0.1, 0.15) is 17.3 Å². The van der Waals surface area contributed by atoms with E-state index in [1.54, 1.807) is 12.1 Å². The predicted molar refractivity (Wildman–Crippen MR) is 67.1 cm³/mol. The maximum Gasteiger partial charge on any atom is 0.150 e. The maximum absolute atomic E-state index is 13.2. The standard InChI is InChI=1S/C13H8ClFN2O/c14-10-3-2-9(6-11(10)15)18-13-4-1-8(7-16)5-12(13)17/h1-6H,17H2. The summed E-state index contributed by atoms with van der Waals surface area (Å²) in [6.07, 6.45) is 0. The normalized spacial score (nSPS) is 9.83. The van der Waals surface area contributed by atoms with Crippen molar-refractivity contribution in [3.05, 3.63) is 52.8 Å². The molecule has 0 saturated carbocycles. The molecule has 90 valence electrons. The Kier molecular flexibility index (Phi) is 3.35. The number of nitrogens with two attached hydrogens (primary N) is 1. The van der Waals surface area contributed by atoms with E-state index in [0.717, 1.165) is 0 Å². The first kappa shape index (κ1) is 12.2. The molecule has 0 unspecified atom stereocenters. The molecule has 0 fully saturated rings. The summed E-state index contributed by atoms with van der Waals surface area (Å²) < 4.78 is 18.6. The first-order valence-electron chi connectivity index (χ1n) is 5.02. The second-order valence-corrected chi connectivity index (χ2v) is 3.95. The van der Waals surface area contributed by atoms with Gasteiger partial charge in [-0.05, 0) is 30.3 Å². The molecule has 2 aromatic carbocycles. The molecule has 0 heterocycles. The zero-order valence-electron chi connectivity index (χ0n) is 9.15. The van der Waals surface area contributed by atoms with Crippen LogP contribution in [0, 0.1) is 17.1 Å². The van der Waals surface area contributed by atoms with Crippen molar-refractivity contribution in [3.63, 3.8) is 0 Å². The quantitative estimate of drug-likeness (QED) is 0.839. The van der Waals surface area contributed by atoms with Crippen molar-refractivity contribution in [1.29, 1.82) is 5.26 Å². The highest BCUT2D eigenvalue weighted by atomic mass is 35.5. The van der Waals surface area contributed by atoms with Crippen molar-refractivity contribution in [2.24, 2.45) is 0 Å². The van der Waals surface area contributed by atoms with Crippen LogP contribution in [0.1, 0.15) is 5.56 Å². The summed E-state index contributed by atoms with van der Waals surface area (Å²) in [7, 11) is 0. The van der Waals surface area contributed by atoms with Crippen LogP contribution in [-0.4, -0.2) is 0 Å². The van der Waals surface area contributed by atoms with Gasteiger partial charge in [0.2, 0.25) is 0 Å². The van der Waals surface area contributed by atoms with Crippen LogP contribution in [0.25, 0.3) is 0 Å². The van der Waals surface area contributed by atoms with Crippen LogP contribution in [-0.2, 0) is 0 Å². The second-order valence-electron chi connectivity index (χ2n) is 3.54. The number of benzene rings is 2. The van der Waals surface area contributed by atoms with Crippen molar-refractivity contribution < 1.29 is 9.13 Å². The van der Waals surface area contributed by atoms with Gasteiger partial charge in [-0.3, -0.25) is 0 Å². The van der Waals surface area contributed by atoms with Crippen LogP contribution < -0.4 is 10.5 Å². The molecule has 0 aliphatic heterocycles. The molecule has 0 bridgehead atoms. The van der Waals surface area contributed by atoms with E-state index < -0.39 is 5.82 Å². The van der Waals surface area contributed by atoms with E-state index >= 15 is 0 Å². The molecule has 2 N–H and O–H groups in total. The summed E-state index contributed by atoms with van der Waals surface area (Å²) in [5.41, 5.74) is 6.46. The molecule has 0 atom stereocenters. The van der Waals surface area contributed by atoms with Crippen molar-refractivity contribution in [1.82, 2.24) is 0 Å². The average Bonchev–Trinajstić information content (AvgIpc) is 2.36.